The zero-order valence-electron chi connectivity index (χ0n) is 8.37. The van der Waals surface area contributed by atoms with Gasteiger partial charge in [-0.2, -0.15) is 0 Å². The van der Waals surface area contributed by atoms with E-state index < -0.39 is 0 Å². The van der Waals surface area contributed by atoms with E-state index in [0.717, 1.165) is 0 Å². The Morgan fingerprint density at radius 3 is 2.64 bits per heavy atom. The third kappa shape index (κ3) is 1.05. The third-order valence-electron chi connectivity index (χ3n) is 3.64. The number of rotatable bonds is 0. The average molecular weight is 185 g/mol. The van der Waals surface area contributed by atoms with Crippen molar-refractivity contribution in [3.05, 3.63) is 29.8 Å². The Balaban J connectivity index is 2.07. The highest BCUT2D eigenvalue weighted by atomic mass is 14.8. The molecular formula is C13H15N. The summed E-state index contributed by atoms with van der Waals surface area (Å²) in [4.78, 5) is 4.55. The first-order chi connectivity index (χ1) is 6.91. The van der Waals surface area contributed by atoms with Crippen LogP contribution in [-0.4, -0.2) is 6.21 Å². The second-order valence-corrected chi connectivity index (χ2v) is 4.49. The predicted octanol–water partition coefficient (Wildman–Crippen LogP) is 3.60. The van der Waals surface area contributed by atoms with Crippen LogP contribution >= 0.6 is 0 Å². The summed E-state index contributed by atoms with van der Waals surface area (Å²) >= 11 is 0. The lowest BCUT2D eigenvalue weighted by Gasteiger charge is -2.31. The minimum Gasteiger partial charge on any atom is -0.260 e. The van der Waals surface area contributed by atoms with Crippen molar-refractivity contribution in [1.82, 2.24) is 0 Å². The van der Waals surface area contributed by atoms with Crippen molar-refractivity contribution in [2.24, 2.45) is 4.99 Å². The van der Waals surface area contributed by atoms with Crippen molar-refractivity contribution >= 4 is 11.9 Å². The normalized spacial score (nSPS) is 22.6. The number of para-hydroxylation sites is 1. The van der Waals surface area contributed by atoms with Gasteiger partial charge in [-0.25, -0.2) is 0 Å². The fourth-order valence-electron chi connectivity index (χ4n) is 2.85. The van der Waals surface area contributed by atoms with E-state index in [2.05, 4.69) is 35.5 Å². The molecule has 1 aliphatic heterocycles. The quantitative estimate of drug-likeness (QED) is 0.585. The predicted molar refractivity (Wildman–Crippen MR) is 59.4 cm³/mol. The standard InChI is InChI=1S/C13H15N/c1-4-8-13(9-5-1)10-14-12-7-3-2-6-11(12)13/h2-3,6-7,10H,1,4-5,8-9H2. The summed E-state index contributed by atoms with van der Waals surface area (Å²) in [6.45, 7) is 0. The molecule has 0 atom stereocenters. The second-order valence-electron chi connectivity index (χ2n) is 4.49. The number of aliphatic imine (C=N–C) groups is 1. The first kappa shape index (κ1) is 8.22. The molecule has 2 aliphatic rings. The molecule has 0 bridgehead atoms. The molecule has 1 aromatic carbocycles. The van der Waals surface area contributed by atoms with E-state index in [1.54, 1.807) is 0 Å². The molecule has 0 unspecified atom stereocenters. The molecule has 1 saturated carbocycles. The number of nitrogens with zero attached hydrogens (tertiary/aromatic N) is 1. The SMILES string of the molecule is C1=Nc2ccccc2C12CCCCC2. The van der Waals surface area contributed by atoms with Crippen LogP contribution in [0.2, 0.25) is 0 Å². The van der Waals surface area contributed by atoms with Gasteiger partial charge in [0.05, 0.1) is 5.69 Å². The van der Waals surface area contributed by atoms with Gasteiger partial charge in [-0.05, 0) is 24.5 Å². The van der Waals surface area contributed by atoms with Gasteiger partial charge in [0, 0.05) is 11.6 Å². The lowest BCUT2D eigenvalue weighted by atomic mass is 9.71. The van der Waals surface area contributed by atoms with E-state index in [1.807, 2.05) is 0 Å². The Morgan fingerprint density at radius 2 is 1.79 bits per heavy atom. The highest BCUT2D eigenvalue weighted by Crippen LogP contribution is 2.45. The van der Waals surface area contributed by atoms with Gasteiger partial charge in [-0.3, -0.25) is 4.99 Å². The molecule has 14 heavy (non-hydrogen) atoms. The molecule has 0 amide bonds. The topological polar surface area (TPSA) is 12.4 Å². The number of fused-ring (bicyclic) bond motifs is 2. The summed E-state index contributed by atoms with van der Waals surface area (Å²) in [6, 6.07) is 8.62. The van der Waals surface area contributed by atoms with E-state index in [-0.39, 0.29) is 0 Å². The Hall–Kier alpha value is -1.11. The van der Waals surface area contributed by atoms with E-state index >= 15 is 0 Å². The number of hydrogen-bond donors (Lipinski definition) is 0. The summed E-state index contributed by atoms with van der Waals surface area (Å²) in [5.74, 6) is 0. The third-order valence-corrected chi connectivity index (χ3v) is 3.64. The maximum absolute atomic E-state index is 4.55. The first-order valence-electron chi connectivity index (χ1n) is 5.55. The molecule has 0 saturated heterocycles. The maximum Gasteiger partial charge on any atom is 0.0667 e. The van der Waals surface area contributed by atoms with Gasteiger partial charge in [-0.15, -0.1) is 0 Å². The van der Waals surface area contributed by atoms with Crippen molar-refractivity contribution in [3.8, 4) is 0 Å². The lowest BCUT2D eigenvalue weighted by molar-refractivity contribution is 0.391. The molecular weight excluding hydrogens is 170 g/mol. The van der Waals surface area contributed by atoms with Crippen LogP contribution in [0.4, 0.5) is 5.69 Å². The van der Waals surface area contributed by atoms with Crippen LogP contribution in [0.15, 0.2) is 29.3 Å². The van der Waals surface area contributed by atoms with Crippen LogP contribution in [-0.2, 0) is 5.41 Å². The van der Waals surface area contributed by atoms with Crippen molar-refractivity contribution in [2.75, 3.05) is 0 Å². The molecule has 1 spiro atoms. The summed E-state index contributed by atoms with van der Waals surface area (Å²) in [5.41, 5.74) is 2.99. The van der Waals surface area contributed by atoms with Gasteiger partial charge in [0.2, 0.25) is 0 Å². The molecule has 0 N–H and O–H groups in total. The van der Waals surface area contributed by atoms with E-state index in [4.69, 9.17) is 0 Å². The Morgan fingerprint density at radius 1 is 1.00 bits per heavy atom. The summed E-state index contributed by atoms with van der Waals surface area (Å²) in [5, 5.41) is 0. The van der Waals surface area contributed by atoms with Gasteiger partial charge in [0.1, 0.15) is 0 Å². The molecule has 72 valence electrons. The fraction of sp³-hybridized carbons (Fsp3) is 0.462. The van der Waals surface area contributed by atoms with Crippen LogP contribution in [0.1, 0.15) is 37.7 Å². The van der Waals surface area contributed by atoms with Crippen LogP contribution in [0.25, 0.3) is 0 Å². The Labute approximate surface area is 84.9 Å². The molecule has 1 fully saturated rings. The molecule has 3 rings (SSSR count). The zero-order chi connectivity index (χ0) is 9.43. The van der Waals surface area contributed by atoms with Gasteiger partial charge >= 0.3 is 0 Å². The van der Waals surface area contributed by atoms with E-state index in [9.17, 15) is 0 Å². The van der Waals surface area contributed by atoms with E-state index in [0.29, 0.717) is 5.41 Å². The minimum atomic E-state index is 0.314. The molecule has 1 heteroatoms. The highest BCUT2D eigenvalue weighted by Gasteiger charge is 2.36. The summed E-state index contributed by atoms with van der Waals surface area (Å²) in [6.07, 6.45) is 8.93. The van der Waals surface area contributed by atoms with Crippen molar-refractivity contribution in [3.63, 3.8) is 0 Å². The van der Waals surface area contributed by atoms with Crippen LogP contribution in [0.3, 0.4) is 0 Å². The van der Waals surface area contributed by atoms with Crippen LogP contribution in [0.5, 0.6) is 0 Å². The highest BCUT2D eigenvalue weighted by molar-refractivity contribution is 5.85. The fourth-order valence-corrected chi connectivity index (χ4v) is 2.85. The summed E-state index contributed by atoms with van der Waals surface area (Å²) in [7, 11) is 0. The van der Waals surface area contributed by atoms with Gasteiger partial charge in [0.15, 0.2) is 0 Å². The van der Waals surface area contributed by atoms with Crippen molar-refractivity contribution in [2.45, 2.75) is 37.5 Å². The van der Waals surface area contributed by atoms with Crippen LogP contribution in [0, 0.1) is 0 Å². The number of benzene rings is 1. The van der Waals surface area contributed by atoms with E-state index in [1.165, 1.54) is 43.4 Å². The Kier molecular flexibility index (Phi) is 1.73. The number of hydrogen-bond acceptors (Lipinski definition) is 1. The van der Waals surface area contributed by atoms with Gasteiger partial charge in [-0.1, -0.05) is 37.5 Å². The van der Waals surface area contributed by atoms with Crippen molar-refractivity contribution in [1.29, 1.82) is 0 Å². The molecule has 1 aromatic rings. The lowest BCUT2D eigenvalue weighted by Crippen LogP contribution is -2.28. The zero-order valence-corrected chi connectivity index (χ0v) is 8.37. The Bertz CT molecular complexity index is 373. The van der Waals surface area contributed by atoms with Crippen molar-refractivity contribution < 1.29 is 0 Å². The second kappa shape index (κ2) is 2.94. The monoisotopic (exact) mass is 185 g/mol. The molecule has 0 aromatic heterocycles. The first-order valence-corrected chi connectivity index (χ1v) is 5.55. The van der Waals surface area contributed by atoms with Crippen LogP contribution < -0.4 is 0 Å². The molecule has 1 heterocycles. The molecule has 0 radical (unpaired) electrons. The smallest absolute Gasteiger partial charge is 0.0667 e. The summed E-state index contributed by atoms with van der Waals surface area (Å²) < 4.78 is 0. The largest absolute Gasteiger partial charge is 0.260 e. The van der Waals surface area contributed by atoms with Gasteiger partial charge < -0.3 is 0 Å². The molecule has 1 nitrogen and oxygen atoms in total. The average Bonchev–Trinajstić information content (AvgIpc) is 2.60. The molecule has 1 aliphatic carbocycles. The minimum absolute atomic E-state index is 0.314. The van der Waals surface area contributed by atoms with Gasteiger partial charge in [0.25, 0.3) is 0 Å². The maximum atomic E-state index is 4.55.